The molecule has 3 aromatic rings. The maximum absolute atomic E-state index is 11.6. The maximum Gasteiger partial charge on any atom is 0.278 e. The van der Waals surface area contributed by atoms with E-state index in [-0.39, 0.29) is 10.7 Å². The highest BCUT2D eigenvalue weighted by Gasteiger charge is 2.24. The third-order valence-corrected chi connectivity index (χ3v) is 5.10. The van der Waals surface area contributed by atoms with Gasteiger partial charge in [-0.2, -0.15) is 0 Å². The van der Waals surface area contributed by atoms with Crippen LogP contribution in [0.3, 0.4) is 0 Å². The molecule has 0 amide bonds. The van der Waals surface area contributed by atoms with Crippen molar-refractivity contribution in [3.05, 3.63) is 84.9 Å². The molecule has 0 atom stereocenters. The molecule has 7 heteroatoms. The fourth-order valence-corrected chi connectivity index (χ4v) is 3.79. The zero-order chi connectivity index (χ0) is 19.4. The molecular formula is C20H15ClINO4. The van der Waals surface area contributed by atoms with Crippen molar-refractivity contribution in [2.24, 2.45) is 0 Å². The molecule has 0 saturated carbocycles. The van der Waals surface area contributed by atoms with Crippen LogP contribution >= 0.6 is 34.2 Å². The summed E-state index contributed by atoms with van der Waals surface area (Å²) in [5.41, 5.74) is 1.81. The third kappa shape index (κ3) is 4.33. The van der Waals surface area contributed by atoms with Crippen LogP contribution in [-0.4, -0.2) is 12.0 Å². The van der Waals surface area contributed by atoms with Crippen LogP contribution in [0.1, 0.15) is 5.56 Å². The minimum absolute atomic E-state index is 0.0739. The van der Waals surface area contributed by atoms with Crippen molar-refractivity contribution < 1.29 is 14.4 Å². The molecule has 27 heavy (non-hydrogen) atoms. The zero-order valence-electron chi connectivity index (χ0n) is 14.3. The van der Waals surface area contributed by atoms with E-state index in [9.17, 15) is 10.1 Å². The summed E-state index contributed by atoms with van der Waals surface area (Å²) >= 11 is 8.46. The highest BCUT2D eigenvalue weighted by Crippen LogP contribution is 2.45. The number of halogens is 2. The summed E-state index contributed by atoms with van der Waals surface area (Å²) in [4.78, 5) is 11.1. The van der Waals surface area contributed by atoms with Crippen molar-refractivity contribution in [2.75, 3.05) is 7.11 Å². The normalized spacial score (nSPS) is 10.5. The van der Waals surface area contributed by atoms with Gasteiger partial charge in [-0.05, 0) is 40.3 Å². The molecular weight excluding hydrogens is 481 g/mol. The average Bonchev–Trinajstić information content (AvgIpc) is 2.67. The van der Waals surface area contributed by atoms with Crippen LogP contribution in [0.4, 0.5) is 5.69 Å². The highest BCUT2D eigenvalue weighted by atomic mass is 127. The number of nitro groups is 1. The molecule has 0 heterocycles. The summed E-state index contributed by atoms with van der Waals surface area (Å²) in [5, 5.41) is 11.8. The Bertz CT molecular complexity index is 979. The van der Waals surface area contributed by atoms with Gasteiger partial charge in [-0.3, -0.25) is 10.1 Å². The molecule has 3 rings (SSSR count). The van der Waals surface area contributed by atoms with E-state index in [0.717, 1.165) is 9.13 Å². The largest absolute Gasteiger partial charge is 0.497 e. The number of benzene rings is 3. The quantitative estimate of drug-likeness (QED) is 0.235. The topological polar surface area (TPSA) is 61.6 Å². The molecule has 5 nitrogen and oxygen atoms in total. The molecule has 138 valence electrons. The van der Waals surface area contributed by atoms with Crippen molar-refractivity contribution in [2.45, 2.75) is 6.61 Å². The number of methoxy groups -OCH3 is 1. The molecule has 0 saturated heterocycles. The first-order chi connectivity index (χ1) is 13.0. The molecule has 0 spiro atoms. The van der Waals surface area contributed by atoms with Gasteiger partial charge in [0.25, 0.3) is 5.69 Å². The SMILES string of the molecule is COc1cc(I)c(-c2c(Cl)cccc2[N+](=O)[O-])c(OCc2ccccc2)c1. The summed E-state index contributed by atoms with van der Waals surface area (Å²) < 4.78 is 12.1. The van der Waals surface area contributed by atoms with E-state index >= 15 is 0 Å². The molecule has 0 aromatic heterocycles. The van der Waals surface area contributed by atoms with Crippen LogP contribution in [0.2, 0.25) is 5.02 Å². The van der Waals surface area contributed by atoms with E-state index in [2.05, 4.69) is 22.6 Å². The Labute approximate surface area is 175 Å². The first-order valence-electron chi connectivity index (χ1n) is 7.98. The lowest BCUT2D eigenvalue weighted by Crippen LogP contribution is -2.01. The second-order valence-electron chi connectivity index (χ2n) is 5.65. The first kappa shape index (κ1) is 19.4. The van der Waals surface area contributed by atoms with Gasteiger partial charge in [0, 0.05) is 21.3 Å². The fourth-order valence-electron chi connectivity index (χ4n) is 2.68. The van der Waals surface area contributed by atoms with E-state index in [1.807, 2.05) is 30.3 Å². The molecule has 0 aliphatic heterocycles. The number of nitro benzene ring substituents is 1. The third-order valence-electron chi connectivity index (χ3n) is 3.94. The molecule has 0 aliphatic carbocycles. The maximum atomic E-state index is 11.6. The van der Waals surface area contributed by atoms with Gasteiger partial charge >= 0.3 is 0 Å². The van der Waals surface area contributed by atoms with Gasteiger partial charge in [-0.25, -0.2) is 0 Å². The predicted octanol–water partition coefficient (Wildman–Crippen LogP) is 6.11. The molecule has 0 radical (unpaired) electrons. The van der Waals surface area contributed by atoms with Gasteiger partial charge in [0.05, 0.1) is 22.6 Å². The Morgan fingerprint density at radius 1 is 1.07 bits per heavy atom. The number of ether oxygens (including phenoxy) is 2. The smallest absolute Gasteiger partial charge is 0.278 e. The lowest BCUT2D eigenvalue weighted by atomic mass is 10.0. The molecule has 0 aliphatic rings. The molecule has 0 fully saturated rings. The van der Waals surface area contributed by atoms with Crippen molar-refractivity contribution in [1.29, 1.82) is 0 Å². The van der Waals surface area contributed by atoms with Crippen LogP contribution in [-0.2, 0) is 6.61 Å². The van der Waals surface area contributed by atoms with Gasteiger partial charge in [0.1, 0.15) is 18.1 Å². The van der Waals surface area contributed by atoms with Crippen molar-refractivity contribution in [3.63, 3.8) is 0 Å². The lowest BCUT2D eigenvalue weighted by Gasteiger charge is -2.16. The molecule has 0 bridgehead atoms. The van der Waals surface area contributed by atoms with Gasteiger partial charge in [0.15, 0.2) is 0 Å². The van der Waals surface area contributed by atoms with Gasteiger partial charge in [-0.1, -0.05) is 48.0 Å². The second kappa shape index (κ2) is 8.58. The van der Waals surface area contributed by atoms with E-state index in [4.69, 9.17) is 21.1 Å². The monoisotopic (exact) mass is 495 g/mol. The van der Waals surface area contributed by atoms with E-state index in [1.54, 1.807) is 31.4 Å². The van der Waals surface area contributed by atoms with Crippen LogP contribution in [0.15, 0.2) is 60.7 Å². The summed E-state index contributed by atoms with van der Waals surface area (Å²) in [7, 11) is 1.56. The number of hydrogen-bond donors (Lipinski definition) is 0. The van der Waals surface area contributed by atoms with Crippen molar-refractivity contribution >= 4 is 39.9 Å². The summed E-state index contributed by atoms with van der Waals surface area (Å²) in [6.07, 6.45) is 0. The summed E-state index contributed by atoms with van der Waals surface area (Å²) in [6.45, 7) is 0.315. The summed E-state index contributed by atoms with van der Waals surface area (Å²) in [6, 6.07) is 17.8. The van der Waals surface area contributed by atoms with Crippen LogP contribution < -0.4 is 9.47 Å². The first-order valence-corrected chi connectivity index (χ1v) is 9.44. The zero-order valence-corrected chi connectivity index (χ0v) is 17.2. The Kier molecular flexibility index (Phi) is 6.18. The highest BCUT2D eigenvalue weighted by molar-refractivity contribution is 14.1. The van der Waals surface area contributed by atoms with Crippen LogP contribution in [0.25, 0.3) is 11.1 Å². The Morgan fingerprint density at radius 2 is 1.81 bits per heavy atom. The van der Waals surface area contributed by atoms with E-state index in [0.29, 0.717) is 29.2 Å². The lowest BCUT2D eigenvalue weighted by molar-refractivity contribution is -0.384. The fraction of sp³-hybridized carbons (Fsp3) is 0.100. The van der Waals surface area contributed by atoms with Gasteiger partial charge in [0.2, 0.25) is 0 Å². The molecule has 0 unspecified atom stereocenters. The van der Waals surface area contributed by atoms with Crippen LogP contribution in [0.5, 0.6) is 11.5 Å². The van der Waals surface area contributed by atoms with Crippen molar-refractivity contribution in [3.8, 4) is 22.6 Å². The molecule has 0 N–H and O–H groups in total. The van der Waals surface area contributed by atoms with Gasteiger partial charge in [-0.15, -0.1) is 0 Å². The minimum atomic E-state index is -0.442. The standard InChI is InChI=1S/C20H15ClINO4/c1-26-14-10-16(22)20(19-15(21)8-5-9-17(19)23(24)25)18(11-14)27-12-13-6-3-2-4-7-13/h2-11H,12H2,1H3. The van der Waals surface area contributed by atoms with E-state index in [1.165, 1.54) is 6.07 Å². The average molecular weight is 496 g/mol. The van der Waals surface area contributed by atoms with E-state index < -0.39 is 4.92 Å². The number of hydrogen-bond acceptors (Lipinski definition) is 4. The Morgan fingerprint density at radius 3 is 2.48 bits per heavy atom. The predicted molar refractivity (Wildman–Crippen MR) is 114 cm³/mol. The molecule has 3 aromatic carbocycles. The van der Waals surface area contributed by atoms with Gasteiger partial charge < -0.3 is 9.47 Å². The van der Waals surface area contributed by atoms with Crippen molar-refractivity contribution in [1.82, 2.24) is 0 Å². The number of nitrogens with zero attached hydrogens (tertiary/aromatic N) is 1. The Balaban J connectivity index is 2.14. The summed E-state index contributed by atoms with van der Waals surface area (Å²) in [5.74, 6) is 1.07. The van der Waals surface area contributed by atoms with Crippen LogP contribution in [0, 0.1) is 13.7 Å². The second-order valence-corrected chi connectivity index (χ2v) is 7.22. The minimum Gasteiger partial charge on any atom is -0.497 e. The Hall–Kier alpha value is -2.32. The number of rotatable bonds is 6.